The highest BCUT2D eigenvalue weighted by Gasteiger charge is 2.60. The van der Waals surface area contributed by atoms with Crippen LogP contribution < -0.4 is 0 Å². The lowest BCUT2D eigenvalue weighted by atomic mass is 9.95. The molecule has 0 saturated carbocycles. The lowest BCUT2D eigenvalue weighted by molar-refractivity contribution is -0.185. The molecule has 1 aliphatic rings. The lowest BCUT2D eigenvalue weighted by Gasteiger charge is -2.22. The number of hydrogen-bond acceptors (Lipinski definition) is 6. The molecule has 0 unspecified atom stereocenters. The maximum Gasteiger partial charge on any atom is 0.362 e. The molecule has 0 aromatic heterocycles. The zero-order valence-corrected chi connectivity index (χ0v) is 9.65. The average Bonchev–Trinajstić information content (AvgIpc) is 2.57. The van der Waals surface area contributed by atoms with E-state index in [0.29, 0.717) is 0 Å². The van der Waals surface area contributed by atoms with Crippen molar-refractivity contribution in [2.75, 3.05) is 13.2 Å². The number of carbonyl (C=O) groups excluding carboxylic acids is 3. The van der Waals surface area contributed by atoms with Crippen LogP contribution in [0.15, 0.2) is 0 Å². The standard InChI is InChI=1S/C11H13O6/c1-4-15-9(13)11(10(14)16-5-2)6-7(3)8(12)17-11/h6H,3-5H2,1-2H3. The Morgan fingerprint density at radius 2 is 1.76 bits per heavy atom. The minimum Gasteiger partial charge on any atom is -0.463 e. The highest BCUT2D eigenvalue weighted by molar-refractivity contribution is 6.13. The van der Waals surface area contributed by atoms with E-state index < -0.39 is 23.5 Å². The summed E-state index contributed by atoms with van der Waals surface area (Å²) < 4.78 is 14.2. The van der Waals surface area contributed by atoms with Crippen LogP contribution in [-0.4, -0.2) is 36.7 Å². The van der Waals surface area contributed by atoms with Gasteiger partial charge in [0, 0.05) is 6.42 Å². The fraction of sp³-hybridized carbons (Fsp3) is 0.455. The van der Waals surface area contributed by atoms with Crippen LogP contribution in [0.25, 0.3) is 0 Å². The van der Waals surface area contributed by atoms with Crippen molar-refractivity contribution in [2.24, 2.45) is 0 Å². The highest BCUT2D eigenvalue weighted by atomic mass is 16.6. The van der Waals surface area contributed by atoms with E-state index in [0.717, 1.165) is 6.42 Å². The molecule has 1 aliphatic heterocycles. The molecule has 0 N–H and O–H groups in total. The Morgan fingerprint density at radius 3 is 2.06 bits per heavy atom. The van der Waals surface area contributed by atoms with Crippen molar-refractivity contribution < 1.29 is 28.6 Å². The number of hydrogen-bond donors (Lipinski definition) is 0. The first kappa shape index (κ1) is 13.5. The summed E-state index contributed by atoms with van der Waals surface area (Å²) in [5.74, 6) is -2.88. The molecule has 17 heavy (non-hydrogen) atoms. The Bertz CT molecular complexity index is 317. The summed E-state index contributed by atoms with van der Waals surface area (Å²) in [7, 11) is 0. The predicted octanol–water partition coefficient (Wildman–Crippen LogP) is 0.0211. The highest BCUT2D eigenvalue weighted by Crippen LogP contribution is 2.33. The summed E-state index contributed by atoms with van der Waals surface area (Å²) in [5.41, 5.74) is -2.14. The zero-order valence-electron chi connectivity index (χ0n) is 9.65. The van der Waals surface area contributed by atoms with Gasteiger partial charge >= 0.3 is 23.5 Å². The lowest BCUT2D eigenvalue weighted by Crippen LogP contribution is -2.49. The van der Waals surface area contributed by atoms with Crippen molar-refractivity contribution in [2.45, 2.75) is 19.4 Å². The molecule has 1 heterocycles. The van der Waals surface area contributed by atoms with Crippen LogP contribution in [0.3, 0.4) is 0 Å². The summed E-state index contributed by atoms with van der Waals surface area (Å²) in [6, 6.07) is 0. The molecule has 1 fully saturated rings. The molecule has 0 aromatic rings. The zero-order chi connectivity index (χ0) is 13.1. The number of rotatable bonds is 4. The Labute approximate surface area is 99.2 Å². The number of esters is 3. The maximum atomic E-state index is 11.7. The Kier molecular flexibility index (Phi) is 4.09. The minimum atomic E-state index is -2.14. The SMILES string of the molecule is [CH2][C]1[CH]C(C(=O)OCC)(C(=O)OCC)OC1=O. The molecule has 0 aliphatic carbocycles. The van der Waals surface area contributed by atoms with E-state index in [1.54, 1.807) is 13.8 Å². The van der Waals surface area contributed by atoms with Crippen molar-refractivity contribution in [1.82, 2.24) is 0 Å². The smallest absolute Gasteiger partial charge is 0.362 e. The van der Waals surface area contributed by atoms with E-state index >= 15 is 0 Å². The van der Waals surface area contributed by atoms with Gasteiger partial charge in [-0.15, -0.1) is 0 Å². The molecule has 6 nitrogen and oxygen atoms in total. The number of carbonyl (C=O) groups is 3. The van der Waals surface area contributed by atoms with Crippen LogP contribution in [0.4, 0.5) is 0 Å². The van der Waals surface area contributed by atoms with Gasteiger partial charge < -0.3 is 14.2 Å². The summed E-state index contributed by atoms with van der Waals surface area (Å²) in [4.78, 5) is 34.6. The first-order chi connectivity index (χ1) is 7.97. The summed E-state index contributed by atoms with van der Waals surface area (Å²) in [6.07, 6.45) is 1.02. The molecule has 1 saturated heterocycles. The van der Waals surface area contributed by atoms with Crippen molar-refractivity contribution in [3.05, 3.63) is 19.3 Å². The first-order valence-electron chi connectivity index (χ1n) is 5.10. The van der Waals surface area contributed by atoms with Gasteiger partial charge in [-0.25, -0.2) is 9.59 Å². The predicted molar refractivity (Wildman–Crippen MR) is 55.0 cm³/mol. The molecule has 1 rings (SSSR count). The topological polar surface area (TPSA) is 78.9 Å². The van der Waals surface area contributed by atoms with Gasteiger partial charge in [0.05, 0.1) is 19.1 Å². The third-order valence-electron chi connectivity index (χ3n) is 2.05. The van der Waals surface area contributed by atoms with E-state index in [-0.39, 0.29) is 19.1 Å². The van der Waals surface area contributed by atoms with Crippen molar-refractivity contribution >= 4 is 17.9 Å². The van der Waals surface area contributed by atoms with Gasteiger partial charge in [0.25, 0.3) is 0 Å². The minimum absolute atomic E-state index is 0.0534. The van der Waals surface area contributed by atoms with Crippen LogP contribution in [0.5, 0.6) is 0 Å². The number of ether oxygens (including phenoxy) is 3. The van der Waals surface area contributed by atoms with Gasteiger partial charge in [-0.3, -0.25) is 4.79 Å². The molecule has 6 heteroatoms. The normalized spacial score (nSPS) is 18.6. The van der Waals surface area contributed by atoms with E-state index in [9.17, 15) is 14.4 Å². The van der Waals surface area contributed by atoms with Crippen LogP contribution in [0.1, 0.15) is 13.8 Å². The van der Waals surface area contributed by atoms with Crippen LogP contribution >= 0.6 is 0 Å². The van der Waals surface area contributed by atoms with Crippen molar-refractivity contribution in [3.8, 4) is 0 Å². The van der Waals surface area contributed by atoms with E-state index in [1.807, 2.05) is 0 Å². The monoisotopic (exact) mass is 241 g/mol. The van der Waals surface area contributed by atoms with Gasteiger partial charge in [0.1, 0.15) is 0 Å². The molecule has 3 radical (unpaired) electrons. The molecule has 0 atom stereocenters. The van der Waals surface area contributed by atoms with Crippen LogP contribution in [0, 0.1) is 19.3 Å². The third-order valence-corrected chi connectivity index (χ3v) is 2.05. The van der Waals surface area contributed by atoms with E-state index in [4.69, 9.17) is 14.2 Å². The molecule has 0 aromatic carbocycles. The molecule has 0 bridgehead atoms. The van der Waals surface area contributed by atoms with Gasteiger partial charge in [-0.1, -0.05) is 0 Å². The molecule has 93 valence electrons. The number of cyclic esters (lactones) is 1. The van der Waals surface area contributed by atoms with Crippen LogP contribution in [0.2, 0.25) is 0 Å². The second kappa shape index (κ2) is 5.16. The molecule has 0 amide bonds. The quantitative estimate of drug-likeness (QED) is 0.392. The summed E-state index contributed by atoms with van der Waals surface area (Å²) in [5, 5.41) is 0. The Hall–Kier alpha value is -1.59. The Balaban J connectivity index is 2.98. The summed E-state index contributed by atoms with van der Waals surface area (Å²) in [6.45, 7) is 6.62. The van der Waals surface area contributed by atoms with Gasteiger partial charge in [-0.2, -0.15) is 0 Å². The molecule has 0 spiro atoms. The van der Waals surface area contributed by atoms with E-state index in [1.165, 1.54) is 0 Å². The second-order valence-electron chi connectivity index (χ2n) is 3.24. The van der Waals surface area contributed by atoms with Crippen molar-refractivity contribution in [3.63, 3.8) is 0 Å². The third kappa shape index (κ3) is 2.40. The summed E-state index contributed by atoms with van der Waals surface area (Å²) >= 11 is 0. The van der Waals surface area contributed by atoms with Crippen molar-refractivity contribution in [1.29, 1.82) is 0 Å². The van der Waals surface area contributed by atoms with Crippen LogP contribution in [-0.2, 0) is 28.6 Å². The van der Waals surface area contributed by atoms with Gasteiger partial charge in [-0.05, 0) is 20.8 Å². The largest absolute Gasteiger partial charge is 0.463 e. The second-order valence-corrected chi connectivity index (χ2v) is 3.24. The molecular weight excluding hydrogens is 228 g/mol. The fourth-order valence-corrected chi connectivity index (χ4v) is 1.31. The Morgan fingerprint density at radius 1 is 1.29 bits per heavy atom. The van der Waals surface area contributed by atoms with Gasteiger partial charge in [0.15, 0.2) is 0 Å². The average molecular weight is 241 g/mol. The fourth-order valence-electron chi connectivity index (χ4n) is 1.31. The van der Waals surface area contributed by atoms with Gasteiger partial charge in [0.2, 0.25) is 0 Å². The van der Waals surface area contributed by atoms with E-state index in [2.05, 4.69) is 6.92 Å². The first-order valence-corrected chi connectivity index (χ1v) is 5.10. The molecular formula is C11H13O6. The maximum absolute atomic E-state index is 11.7.